The lowest BCUT2D eigenvalue weighted by atomic mass is 10.2. The number of aryl methyl sites for hydroxylation is 2. The zero-order valence-electron chi connectivity index (χ0n) is 7.65. The first kappa shape index (κ1) is 7.98. The van der Waals surface area contributed by atoms with Crippen molar-refractivity contribution in [1.29, 1.82) is 0 Å². The van der Waals surface area contributed by atoms with E-state index in [0.717, 1.165) is 16.8 Å². The fourth-order valence-electron chi connectivity index (χ4n) is 1.13. The molecular formula is C10H10N3. The summed E-state index contributed by atoms with van der Waals surface area (Å²) in [4.78, 5) is 4.28. The van der Waals surface area contributed by atoms with Crippen LogP contribution in [0.1, 0.15) is 5.56 Å². The van der Waals surface area contributed by atoms with Crippen molar-refractivity contribution in [3.63, 3.8) is 0 Å². The van der Waals surface area contributed by atoms with Gasteiger partial charge in [-0.2, -0.15) is 5.10 Å². The third kappa shape index (κ3) is 1.59. The molecule has 0 unspecified atom stereocenters. The van der Waals surface area contributed by atoms with Crippen LogP contribution in [0.25, 0.3) is 11.3 Å². The van der Waals surface area contributed by atoms with Crippen LogP contribution in [0.3, 0.4) is 0 Å². The molecule has 0 atom stereocenters. The average molecular weight is 172 g/mol. The summed E-state index contributed by atoms with van der Waals surface area (Å²) in [6.07, 6.45) is 6.64. The summed E-state index contributed by atoms with van der Waals surface area (Å²) < 4.78 is 1.72. The molecule has 0 fully saturated rings. The van der Waals surface area contributed by atoms with Crippen LogP contribution in [-0.4, -0.2) is 14.8 Å². The minimum Gasteiger partial charge on any atom is -0.274 e. The van der Waals surface area contributed by atoms with Crippen molar-refractivity contribution in [1.82, 2.24) is 14.8 Å². The molecule has 0 saturated heterocycles. The second-order valence-electron chi connectivity index (χ2n) is 3.05. The van der Waals surface area contributed by atoms with Crippen molar-refractivity contribution in [2.24, 2.45) is 7.05 Å². The smallest absolute Gasteiger partial charge is 0.123 e. The quantitative estimate of drug-likeness (QED) is 0.654. The van der Waals surface area contributed by atoms with Crippen LogP contribution >= 0.6 is 0 Å². The summed E-state index contributed by atoms with van der Waals surface area (Å²) in [5.41, 5.74) is 3.01. The molecule has 13 heavy (non-hydrogen) atoms. The molecule has 0 spiro atoms. The van der Waals surface area contributed by atoms with Gasteiger partial charge in [-0.3, -0.25) is 9.67 Å². The largest absolute Gasteiger partial charge is 0.274 e. The van der Waals surface area contributed by atoms with Crippen LogP contribution in [0.2, 0.25) is 0 Å². The molecule has 2 heterocycles. The van der Waals surface area contributed by atoms with E-state index in [0.29, 0.717) is 0 Å². The van der Waals surface area contributed by atoms with Gasteiger partial charge in [0.25, 0.3) is 0 Å². The van der Waals surface area contributed by atoms with Gasteiger partial charge in [0.05, 0.1) is 5.69 Å². The molecule has 65 valence electrons. The fourth-order valence-corrected chi connectivity index (χ4v) is 1.13. The third-order valence-electron chi connectivity index (χ3n) is 1.83. The minimum absolute atomic E-state index is 0.915. The molecule has 0 aliphatic rings. The van der Waals surface area contributed by atoms with Gasteiger partial charge in [-0.1, -0.05) is 6.07 Å². The summed E-state index contributed by atoms with van der Waals surface area (Å²) in [5, 5.41) is 3.97. The van der Waals surface area contributed by atoms with E-state index in [4.69, 9.17) is 0 Å². The molecule has 3 nitrogen and oxygen atoms in total. The minimum atomic E-state index is 0.915. The van der Waals surface area contributed by atoms with Crippen molar-refractivity contribution in [2.75, 3.05) is 0 Å². The molecule has 0 aliphatic heterocycles. The van der Waals surface area contributed by atoms with E-state index >= 15 is 0 Å². The Bertz CT molecular complexity index is 400. The van der Waals surface area contributed by atoms with Crippen molar-refractivity contribution in [2.45, 2.75) is 6.92 Å². The summed E-state index contributed by atoms with van der Waals surface area (Å²) >= 11 is 0. The van der Waals surface area contributed by atoms with Gasteiger partial charge in [0.2, 0.25) is 0 Å². The lowest BCUT2D eigenvalue weighted by Gasteiger charge is -1.95. The number of rotatable bonds is 1. The number of nitrogens with zero attached hydrogens (tertiary/aromatic N) is 3. The number of hydrogen-bond donors (Lipinski definition) is 0. The van der Waals surface area contributed by atoms with Gasteiger partial charge in [0.15, 0.2) is 0 Å². The molecule has 0 bridgehead atoms. The van der Waals surface area contributed by atoms with Crippen LogP contribution < -0.4 is 0 Å². The predicted molar refractivity (Wildman–Crippen MR) is 50.0 cm³/mol. The highest BCUT2D eigenvalue weighted by molar-refractivity contribution is 5.55. The zero-order chi connectivity index (χ0) is 9.26. The van der Waals surface area contributed by atoms with Crippen LogP contribution in [0, 0.1) is 13.1 Å². The molecule has 2 aromatic heterocycles. The molecule has 2 rings (SSSR count). The summed E-state index contributed by atoms with van der Waals surface area (Å²) in [7, 11) is 1.87. The normalized spacial score (nSPS) is 10.3. The van der Waals surface area contributed by atoms with E-state index in [1.54, 1.807) is 4.68 Å². The summed E-state index contributed by atoms with van der Waals surface area (Å²) in [6.45, 7) is 2.02. The van der Waals surface area contributed by atoms with Gasteiger partial charge in [-0.25, -0.2) is 0 Å². The summed E-state index contributed by atoms with van der Waals surface area (Å²) in [6, 6.07) is 4.01. The Morgan fingerprint density at radius 1 is 1.38 bits per heavy atom. The Balaban J connectivity index is 2.41. The lowest BCUT2D eigenvalue weighted by molar-refractivity contribution is 0.765. The van der Waals surface area contributed by atoms with E-state index in [9.17, 15) is 0 Å². The van der Waals surface area contributed by atoms with Gasteiger partial charge in [-0.15, -0.1) is 0 Å². The molecular weight excluding hydrogens is 162 g/mol. The van der Waals surface area contributed by atoms with E-state index < -0.39 is 0 Å². The van der Waals surface area contributed by atoms with Crippen LogP contribution in [0.4, 0.5) is 0 Å². The van der Waals surface area contributed by atoms with Crippen molar-refractivity contribution in [3.05, 3.63) is 36.3 Å². The highest BCUT2D eigenvalue weighted by atomic mass is 15.2. The molecule has 0 saturated carbocycles. The number of aromatic nitrogens is 3. The molecule has 2 aromatic rings. The van der Waals surface area contributed by atoms with Crippen LogP contribution in [-0.2, 0) is 7.05 Å². The van der Waals surface area contributed by atoms with Gasteiger partial charge in [0.1, 0.15) is 6.20 Å². The van der Waals surface area contributed by atoms with Crippen LogP contribution in [0.5, 0.6) is 0 Å². The fraction of sp³-hybridized carbons (Fsp3) is 0.200. The molecule has 0 N–H and O–H groups in total. The second-order valence-corrected chi connectivity index (χ2v) is 3.05. The maximum atomic E-state index is 4.28. The topological polar surface area (TPSA) is 30.7 Å². The highest BCUT2D eigenvalue weighted by Gasteiger charge is 2.00. The molecule has 0 amide bonds. The SMILES string of the molecule is Cc1ccc(-c2[c]nn(C)c2)nc1. The van der Waals surface area contributed by atoms with Gasteiger partial charge >= 0.3 is 0 Å². The van der Waals surface area contributed by atoms with E-state index in [1.165, 1.54) is 0 Å². The maximum Gasteiger partial charge on any atom is 0.123 e. The Morgan fingerprint density at radius 2 is 2.23 bits per heavy atom. The van der Waals surface area contributed by atoms with Crippen molar-refractivity contribution in [3.8, 4) is 11.3 Å². The second kappa shape index (κ2) is 3.01. The first-order chi connectivity index (χ1) is 6.25. The Labute approximate surface area is 77.0 Å². The monoisotopic (exact) mass is 172 g/mol. The molecule has 1 radical (unpaired) electrons. The Kier molecular flexibility index (Phi) is 1.85. The van der Waals surface area contributed by atoms with E-state index in [-0.39, 0.29) is 0 Å². The van der Waals surface area contributed by atoms with Crippen molar-refractivity contribution >= 4 is 0 Å². The standard InChI is InChI=1S/C10H10N3/c1-8-3-4-10(11-5-8)9-6-12-13(2)7-9/h3-5,7H,1-2H3. The van der Waals surface area contributed by atoms with Crippen molar-refractivity contribution < 1.29 is 0 Å². The van der Waals surface area contributed by atoms with Crippen LogP contribution in [0.15, 0.2) is 24.5 Å². The first-order valence-corrected chi connectivity index (χ1v) is 4.10. The van der Waals surface area contributed by atoms with Gasteiger partial charge in [0, 0.05) is 25.0 Å². The molecule has 0 aliphatic carbocycles. The maximum absolute atomic E-state index is 4.28. The van der Waals surface area contributed by atoms with Gasteiger partial charge < -0.3 is 0 Å². The predicted octanol–water partition coefficient (Wildman–Crippen LogP) is 1.59. The Hall–Kier alpha value is -1.64. The Morgan fingerprint density at radius 3 is 2.77 bits per heavy atom. The van der Waals surface area contributed by atoms with E-state index in [1.807, 2.05) is 38.5 Å². The number of pyridine rings is 1. The lowest BCUT2D eigenvalue weighted by Crippen LogP contribution is -1.84. The highest BCUT2D eigenvalue weighted by Crippen LogP contribution is 2.14. The molecule has 0 aromatic carbocycles. The average Bonchev–Trinajstić information content (AvgIpc) is 2.53. The third-order valence-corrected chi connectivity index (χ3v) is 1.83. The molecule has 3 heteroatoms. The first-order valence-electron chi connectivity index (χ1n) is 4.10. The number of hydrogen-bond acceptors (Lipinski definition) is 2. The van der Waals surface area contributed by atoms with E-state index in [2.05, 4.69) is 16.3 Å². The summed E-state index contributed by atoms with van der Waals surface area (Å²) in [5.74, 6) is 0. The zero-order valence-corrected chi connectivity index (χ0v) is 7.65. The van der Waals surface area contributed by atoms with Gasteiger partial charge in [-0.05, 0) is 18.6 Å².